The van der Waals surface area contributed by atoms with E-state index in [9.17, 15) is 17.6 Å². The number of aromatic nitrogens is 1. The maximum atomic E-state index is 13.0. The normalized spacial score (nSPS) is 11.1. The van der Waals surface area contributed by atoms with Gasteiger partial charge in [-0.25, -0.2) is 17.6 Å². The summed E-state index contributed by atoms with van der Waals surface area (Å²) in [6.45, 7) is 0. The summed E-state index contributed by atoms with van der Waals surface area (Å²) in [6, 6.07) is 6.29. The summed E-state index contributed by atoms with van der Waals surface area (Å²) >= 11 is 0. The molecule has 8 heteroatoms. The Kier molecular flexibility index (Phi) is 3.66. The van der Waals surface area contributed by atoms with Crippen molar-refractivity contribution in [3.8, 4) is 0 Å². The van der Waals surface area contributed by atoms with Gasteiger partial charge in [-0.1, -0.05) is 12.1 Å². The second-order valence-electron chi connectivity index (χ2n) is 3.80. The predicted molar refractivity (Wildman–Crippen MR) is 68.4 cm³/mol. The molecule has 0 unspecified atom stereocenters. The molecule has 0 saturated heterocycles. The topological polar surface area (TPSA) is 96.4 Å². The van der Waals surface area contributed by atoms with Gasteiger partial charge >= 0.3 is 5.97 Å². The van der Waals surface area contributed by atoms with Crippen LogP contribution >= 0.6 is 0 Å². The van der Waals surface area contributed by atoms with Crippen LogP contribution in [0, 0.1) is 5.82 Å². The first-order chi connectivity index (χ1) is 9.40. The average molecular weight is 296 g/mol. The summed E-state index contributed by atoms with van der Waals surface area (Å²) in [7, 11) is -4.11. The number of rotatable bonds is 4. The number of halogens is 1. The van der Waals surface area contributed by atoms with E-state index in [1.807, 2.05) is 0 Å². The molecule has 0 saturated carbocycles. The number of pyridine rings is 1. The van der Waals surface area contributed by atoms with Crippen LogP contribution in [0.5, 0.6) is 0 Å². The van der Waals surface area contributed by atoms with E-state index >= 15 is 0 Å². The number of carbonyl (C=O) groups is 1. The number of nitrogens with zero attached hydrogens (tertiary/aromatic N) is 1. The molecule has 0 amide bonds. The summed E-state index contributed by atoms with van der Waals surface area (Å²) in [5.74, 6) is -2.08. The lowest BCUT2D eigenvalue weighted by Crippen LogP contribution is -2.16. The first kappa shape index (κ1) is 13.9. The highest BCUT2D eigenvalue weighted by Gasteiger charge is 2.19. The van der Waals surface area contributed by atoms with Gasteiger partial charge in [0.25, 0.3) is 10.0 Å². The number of sulfonamides is 1. The van der Waals surface area contributed by atoms with Gasteiger partial charge in [-0.05, 0) is 18.2 Å². The van der Waals surface area contributed by atoms with E-state index in [0.29, 0.717) is 0 Å². The number of nitrogens with one attached hydrogen (secondary N) is 1. The Bertz CT molecular complexity index is 762. The van der Waals surface area contributed by atoms with Crippen molar-refractivity contribution < 1.29 is 22.7 Å². The van der Waals surface area contributed by atoms with E-state index in [1.165, 1.54) is 24.3 Å². The Hall–Kier alpha value is -2.48. The SMILES string of the molecule is O=C(O)c1ccccc1NS(=O)(=O)c1cncc(F)c1. The van der Waals surface area contributed by atoms with E-state index in [0.717, 1.165) is 18.5 Å². The van der Waals surface area contributed by atoms with E-state index < -0.39 is 26.7 Å². The number of benzene rings is 1. The predicted octanol–water partition coefficient (Wildman–Crippen LogP) is 1.72. The Labute approximate surface area is 114 Å². The Balaban J connectivity index is 2.41. The van der Waals surface area contributed by atoms with Crippen molar-refractivity contribution in [2.45, 2.75) is 4.90 Å². The first-order valence-electron chi connectivity index (χ1n) is 5.36. The number of carboxylic acid groups (broad SMARTS) is 1. The molecule has 0 aliphatic heterocycles. The zero-order chi connectivity index (χ0) is 14.8. The molecule has 2 rings (SSSR count). The molecule has 0 fully saturated rings. The monoisotopic (exact) mass is 296 g/mol. The minimum absolute atomic E-state index is 0.107. The molecular formula is C12H9FN2O4S. The van der Waals surface area contributed by atoms with E-state index in [2.05, 4.69) is 9.71 Å². The molecule has 0 atom stereocenters. The van der Waals surface area contributed by atoms with Crippen LogP contribution in [-0.2, 0) is 10.0 Å². The molecule has 2 aromatic rings. The second kappa shape index (κ2) is 5.25. The van der Waals surface area contributed by atoms with Crippen LogP contribution in [0.2, 0.25) is 0 Å². The van der Waals surface area contributed by atoms with Gasteiger partial charge in [0.15, 0.2) is 0 Å². The van der Waals surface area contributed by atoms with Crippen LogP contribution in [-0.4, -0.2) is 24.5 Å². The van der Waals surface area contributed by atoms with Gasteiger partial charge in [-0.15, -0.1) is 0 Å². The van der Waals surface area contributed by atoms with Crippen molar-refractivity contribution in [1.29, 1.82) is 0 Å². The summed E-state index contributed by atoms with van der Waals surface area (Å²) < 4.78 is 39.1. The molecule has 6 nitrogen and oxygen atoms in total. The van der Waals surface area contributed by atoms with E-state index in [1.54, 1.807) is 0 Å². The molecule has 1 aromatic heterocycles. The van der Waals surface area contributed by atoms with Crippen LogP contribution in [0.3, 0.4) is 0 Å². The Morgan fingerprint density at radius 1 is 1.25 bits per heavy atom. The van der Waals surface area contributed by atoms with Crippen molar-refractivity contribution in [2.24, 2.45) is 0 Å². The Morgan fingerprint density at radius 3 is 2.60 bits per heavy atom. The van der Waals surface area contributed by atoms with Crippen molar-refractivity contribution in [3.05, 3.63) is 54.1 Å². The van der Waals surface area contributed by atoms with Crippen molar-refractivity contribution in [3.63, 3.8) is 0 Å². The summed E-state index contributed by atoms with van der Waals surface area (Å²) in [6.07, 6.45) is 1.83. The third-order valence-corrected chi connectivity index (χ3v) is 3.72. The summed E-state index contributed by atoms with van der Waals surface area (Å²) in [5, 5.41) is 8.97. The highest BCUT2D eigenvalue weighted by Crippen LogP contribution is 2.20. The number of para-hydroxylation sites is 1. The van der Waals surface area contributed by atoms with Gasteiger partial charge in [-0.2, -0.15) is 0 Å². The van der Waals surface area contributed by atoms with E-state index in [-0.39, 0.29) is 11.3 Å². The van der Waals surface area contributed by atoms with Gasteiger partial charge in [-0.3, -0.25) is 9.71 Å². The van der Waals surface area contributed by atoms with Gasteiger partial charge in [0, 0.05) is 6.20 Å². The average Bonchev–Trinajstić information content (AvgIpc) is 2.38. The van der Waals surface area contributed by atoms with Gasteiger partial charge in [0.2, 0.25) is 0 Å². The zero-order valence-electron chi connectivity index (χ0n) is 9.95. The third-order valence-electron chi connectivity index (χ3n) is 2.39. The highest BCUT2D eigenvalue weighted by molar-refractivity contribution is 7.92. The fourth-order valence-corrected chi connectivity index (χ4v) is 2.55. The minimum Gasteiger partial charge on any atom is -0.478 e. The van der Waals surface area contributed by atoms with Gasteiger partial charge in [0.05, 0.1) is 17.4 Å². The van der Waals surface area contributed by atoms with Crippen molar-refractivity contribution in [2.75, 3.05) is 4.72 Å². The van der Waals surface area contributed by atoms with Crippen molar-refractivity contribution in [1.82, 2.24) is 4.98 Å². The fourth-order valence-electron chi connectivity index (χ4n) is 1.50. The molecule has 0 radical (unpaired) electrons. The van der Waals surface area contributed by atoms with E-state index in [4.69, 9.17) is 5.11 Å². The second-order valence-corrected chi connectivity index (χ2v) is 5.48. The molecule has 1 heterocycles. The molecule has 1 aromatic carbocycles. The number of anilines is 1. The third kappa shape index (κ3) is 2.91. The lowest BCUT2D eigenvalue weighted by Gasteiger charge is -2.10. The minimum atomic E-state index is -4.11. The van der Waals surface area contributed by atoms with Crippen molar-refractivity contribution >= 4 is 21.7 Å². The molecule has 104 valence electrons. The van der Waals surface area contributed by atoms with Crippen LogP contribution in [0.4, 0.5) is 10.1 Å². The fraction of sp³-hybridized carbons (Fsp3) is 0. The van der Waals surface area contributed by atoms with Crippen LogP contribution < -0.4 is 4.72 Å². The maximum absolute atomic E-state index is 13.0. The number of aromatic carboxylic acids is 1. The molecule has 0 bridgehead atoms. The molecule has 0 aliphatic rings. The van der Waals surface area contributed by atoms with Crippen LogP contribution in [0.15, 0.2) is 47.6 Å². The smallest absolute Gasteiger partial charge is 0.337 e. The lowest BCUT2D eigenvalue weighted by atomic mass is 10.2. The van der Waals surface area contributed by atoms with Gasteiger partial charge < -0.3 is 5.11 Å². The molecular weight excluding hydrogens is 287 g/mol. The molecule has 20 heavy (non-hydrogen) atoms. The number of carboxylic acids is 1. The van der Waals surface area contributed by atoms with Crippen LogP contribution in [0.1, 0.15) is 10.4 Å². The quantitative estimate of drug-likeness (QED) is 0.895. The highest BCUT2D eigenvalue weighted by atomic mass is 32.2. The number of hydrogen-bond donors (Lipinski definition) is 2. The zero-order valence-corrected chi connectivity index (χ0v) is 10.8. The number of hydrogen-bond acceptors (Lipinski definition) is 4. The van der Waals surface area contributed by atoms with Gasteiger partial charge in [0.1, 0.15) is 10.7 Å². The Morgan fingerprint density at radius 2 is 1.95 bits per heavy atom. The first-order valence-corrected chi connectivity index (χ1v) is 6.84. The summed E-state index contributed by atoms with van der Waals surface area (Å²) in [4.78, 5) is 14.0. The van der Waals surface area contributed by atoms with Crippen LogP contribution in [0.25, 0.3) is 0 Å². The maximum Gasteiger partial charge on any atom is 0.337 e. The molecule has 0 aliphatic carbocycles. The standard InChI is InChI=1S/C12H9FN2O4S/c13-8-5-9(7-14-6-8)20(18,19)15-11-4-2-1-3-10(11)12(16)17/h1-7,15H,(H,16,17). The largest absolute Gasteiger partial charge is 0.478 e. The molecule has 2 N–H and O–H groups in total. The summed E-state index contributed by atoms with van der Waals surface area (Å²) in [5.41, 5.74) is -0.315. The lowest BCUT2D eigenvalue weighted by molar-refractivity contribution is 0.0698. The molecule has 0 spiro atoms.